The van der Waals surface area contributed by atoms with E-state index < -0.39 is 11.7 Å². The molecule has 30 heavy (non-hydrogen) atoms. The second-order valence-electron chi connectivity index (χ2n) is 7.39. The van der Waals surface area contributed by atoms with Crippen molar-refractivity contribution in [3.8, 4) is 0 Å². The summed E-state index contributed by atoms with van der Waals surface area (Å²) in [6.07, 6.45) is 1.88. The highest BCUT2D eigenvalue weighted by molar-refractivity contribution is 5.61. The number of unbranched alkanes of at least 4 members (excludes halogenated alkanes) is 2. The third kappa shape index (κ3) is 9.04. The van der Waals surface area contributed by atoms with Gasteiger partial charge >= 0.3 is 6.18 Å². The fraction of sp³-hybridized carbons (Fsp3) is 0.440. The fourth-order valence-electron chi connectivity index (χ4n) is 2.95. The van der Waals surface area contributed by atoms with Crippen LogP contribution in [-0.2, 0) is 25.4 Å². The Morgan fingerprint density at radius 2 is 1.47 bits per heavy atom. The predicted molar refractivity (Wildman–Crippen MR) is 119 cm³/mol. The second kappa shape index (κ2) is 13.1. The number of aliphatic hydroxyl groups is 1. The normalized spacial score (nSPS) is 11.0. The zero-order valence-electron chi connectivity index (χ0n) is 18.1. The predicted octanol–water partition coefficient (Wildman–Crippen LogP) is 6.54. The zero-order valence-corrected chi connectivity index (χ0v) is 18.1. The van der Waals surface area contributed by atoms with Gasteiger partial charge in [-0.3, -0.25) is 0 Å². The number of alkyl halides is 3. The smallest absolute Gasteiger partial charge is 0.399 e. The molecule has 2 rings (SSSR count). The minimum absolute atomic E-state index is 0.139. The molecule has 0 radical (unpaired) electrons. The average Bonchev–Trinajstić information content (AvgIpc) is 2.71. The maximum atomic E-state index is 13.3. The minimum Gasteiger partial charge on any atom is -0.399 e. The minimum atomic E-state index is -4.40. The lowest BCUT2D eigenvalue weighted by molar-refractivity contribution is -0.138. The third-order valence-corrected chi connectivity index (χ3v) is 4.82. The number of aryl methyl sites for hydroxylation is 3. The molecular weight excluding hydrogens is 387 g/mol. The van der Waals surface area contributed by atoms with Gasteiger partial charge in [-0.25, -0.2) is 0 Å². The molecule has 0 unspecified atom stereocenters. The van der Waals surface area contributed by atoms with Crippen LogP contribution in [0, 0.1) is 0 Å². The van der Waals surface area contributed by atoms with Crippen molar-refractivity contribution in [3.63, 3.8) is 0 Å². The van der Waals surface area contributed by atoms with Gasteiger partial charge in [0.25, 0.3) is 0 Å². The number of benzene rings is 2. The lowest BCUT2D eigenvalue weighted by Gasteiger charge is -2.15. The van der Waals surface area contributed by atoms with Gasteiger partial charge in [0.1, 0.15) is 0 Å². The molecule has 0 amide bonds. The van der Waals surface area contributed by atoms with Gasteiger partial charge in [0.15, 0.2) is 0 Å². The first kappa shape index (κ1) is 25.8. The van der Waals surface area contributed by atoms with Crippen molar-refractivity contribution in [1.82, 2.24) is 0 Å². The molecule has 0 aliphatic rings. The van der Waals surface area contributed by atoms with Gasteiger partial charge in [-0.1, -0.05) is 69.7 Å². The first-order valence-corrected chi connectivity index (χ1v) is 10.6. The van der Waals surface area contributed by atoms with E-state index in [9.17, 15) is 13.2 Å². The summed E-state index contributed by atoms with van der Waals surface area (Å²) < 4.78 is 40.0. The lowest BCUT2D eigenvalue weighted by Crippen LogP contribution is -2.11. The molecule has 2 aromatic rings. The molecule has 0 aliphatic heterocycles. The first-order chi connectivity index (χ1) is 14.2. The van der Waals surface area contributed by atoms with Crippen molar-refractivity contribution in [2.45, 2.75) is 65.0 Å². The molecule has 0 aliphatic carbocycles. The first-order valence-electron chi connectivity index (χ1n) is 10.6. The highest BCUT2D eigenvalue weighted by Gasteiger charge is 2.33. The molecule has 2 nitrogen and oxygen atoms in total. The van der Waals surface area contributed by atoms with Crippen molar-refractivity contribution in [2.75, 3.05) is 6.61 Å². The largest absolute Gasteiger partial charge is 0.416 e. The van der Waals surface area contributed by atoms with E-state index in [1.54, 1.807) is 6.07 Å². The quantitative estimate of drug-likeness (QED) is 0.483. The van der Waals surface area contributed by atoms with Gasteiger partial charge in [-0.15, -0.1) is 0 Å². The summed E-state index contributed by atoms with van der Waals surface area (Å²) in [4.78, 5) is 0. The van der Waals surface area contributed by atoms with Crippen molar-refractivity contribution < 1.29 is 18.3 Å². The Morgan fingerprint density at radius 3 is 1.90 bits per heavy atom. The van der Waals surface area contributed by atoms with Gasteiger partial charge in [-0.2, -0.15) is 13.2 Å². The number of hydrogen-bond acceptors (Lipinski definition) is 2. The topological polar surface area (TPSA) is 46.2 Å². The summed E-state index contributed by atoms with van der Waals surface area (Å²) in [6.45, 7) is 8.06. The Bertz CT molecular complexity index is 765. The van der Waals surface area contributed by atoms with E-state index >= 15 is 0 Å². The average molecular weight is 422 g/mol. The van der Waals surface area contributed by atoms with Crippen LogP contribution in [0.15, 0.2) is 49.0 Å². The SMILES string of the molecule is C=C(N)c1ccc(CCc2ccc(CCCC)cc2)c(C(F)(F)F)c1.CCCCO. The van der Waals surface area contributed by atoms with Crippen molar-refractivity contribution >= 4 is 5.70 Å². The maximum absolute atomic E-state index is 13.3. The van der Waals surface area contributed by atoms with Crippen LogP contribution >= 0.6 is 0 Å². The maximum Gasteiger partial charge on any atom is 0.416 e. The molecule has 0 heterocycles. The van der Waals surface area contributed by atoms with Crippen molar-refractivity contribution in [3.05, 3.63) is 76.9 Å². The number of rotatable bonds is 9. The van der Waals surface area contributed by atoms with Gasteiger partial charge in [-0.05, 0) is 60.4 Å². The second-order valence-corrected chi connectivity index (χ2v) is 7.39. The molecule has 0 saturated heterocycles. The van der Waals surface area contributed by atoms with E-state index in [1.807, 2.05) is 12.1 Å². The lowest BCUT2D eigenvalue weighted by atomic mass is 9.96. The molecule has 0 fully saturated rings. The summed E-state index contributed by atoms with van der Waals surface area (Å²) in [5.41, 5.74) is 7.95. The third-order valence-electron chi connectivity index (χ3n) is 4.82. The van der Waals surface area contributed by atoms with E-state index in [0.717, 1.165) is 43.7 Å². The van der Waals surface area contributed by atoms with Gasteiger partial charge in [0.2, 0.25) is 0 Å². The van der Waals surface area contributed by atoms with E-state index in [1.165, 1.54) is 11.6 Å². The molecule has 166 valence electrons. The van der Waals surface area contributed by atoms with Crippen molar-refractivity contribution in [1.29, 1.82) is 0 Å². The molecule has 0 spiro atoms. The van der Waals surface area contributed by atoms with E-state index in [0.29, 0.717) is 25.0 Å². The van der Waals surface area contributed by atoms with Crippen LogP contribution in [0.1, 0.15) is 67.3 Å². The van der Waals surface area contributed by atoms with Gasteiger partial charge < -0.3 is 10.8 Å². The summed E-state index contributed by atoms with van der Waals surface area (Å²) in [6, 6.07) is 12.3. The van der Waals surface area contributed by atoms with E-state index in [-0.39, 0.29) is 11.3 Å². The van der Waals surface area contributed by atoms with Crippen LogP contribution in [0.25, 0.3) is 5.70 Å². The number of halogens is 3. The summed E-state index contributed by atoms with van der Waals surface area (Å²) in [5, 5.41) is 8.07. The standard InChI is InChI=1S/C21H24F3N.C4H10O/c1-3-4-5-16-6-8-17(9-7-16)10-11-18-12-13-19(15(2)25)14-20(18)21(22,23)24;1-2-3-4-5/h6-9,12-14H,2-5,10-11,25H2,1H3;5H,2-4H2,1H3. The Balaban J connectivity index is 0.000000804. The van der Waals surface area contributed by atoms with Crippen LogP contribution in [0.5, 0.6) is 0 Å². The Hall–Kier alpha value is -2.27. The zero-order chi connectivity index (χ0) is 22.6. The van der Waals surface area contributed by atoms with Crippen LogP contribution < -0.4 is 5.73 Å². The fourth-order valence-corrected chi connectivity index (χ4v) is 2.95. The van der Waals surface area contributed by atoms with Gasteiger partial charge in [0.05, 0.1) is 5.56 Å². The van der Waals surface area contributed by atoms with Crippen LogP contribution in [0.4, 0.5) is 13.2 Å². The van der Waals surface area contributed by atoms with Crippen molar-refractivity contribution in [2.24, 2.45) is 5.73 Å². The molecule has 5 heteroatoms. The van der Waals surface area contributed by atoms with E-state index in [2.05, 4.69) is 32.6 Å². The Morgan fingerprint density at radius 1 is 0.900 bits per heavy atom. The Kier molecular flexibility index (Phi) is 11.3. The molecule has 3 N–H and O–H groups in total. The summed E-state index contributed by atoms with van der Waals surface area (Å²) in [7, 11) is 0. The van der Waals surface area contributed by atoms with Crippen LogP contribution in [-0.4, -0.2) is 11.7 Å². The summed E-state index contributed by atoms with van der Waals surface area (Å²) >= 11 is 0. The molecule has 2 aromatic carbocycles. The number of nitrogens with two attached hydrogens (primary N) is 1. The molecule has 0 atom stereocenters. The molecular formula is C25H34F3NO. The van der Waals surface area contributed by atoms with Crippen LogP contribution in [0.2, 0.25) is 0 Å². The summed E-state index contributed by atoms with van der Waals surface area (Å²) in [5.74, 6) is 0. The monoisotopic (exact) mass is 421 g/mol. The molecule has 0 aromatic heterocycles. The van der Waals surface area contributed by atoms with Gasteiger partial charge in [0, 0.05) is 12.3 Å². The van der Waals surface area contributed by atoms with E-state index in [4.69, 9.17) is 10.8 Å². The van der Waals surface area contributed by atoms with Crippen LogP contribution in [0.3, 0.4) is 0 Å². The molecule has 0 saturated carbocycles. The number of aliphatic hydroxyl groups excluding tert-OH is 1. The highest BCUT2D eigenvalue weighted by Crippen LogP contribution is 2.34. The molecule has 0 bridgehead atoms. The number of hydrogen-bond donors (Lipinski definition) is 2. The Labute approximate surface area is 178 Å². The highest BCUT2D eigenvalue weighted by atomic mass is 19.4.